The maximum Gasteiger partial charge on any atom is 3.00 e. The van der Waals surface area contributed by atoms with Crippen molar-refractivity contribution in [1.82, 2.24) is 14.7 Å². The minimum absolute atomic E-state index is 0. The van der Waals surface area contributed by atoms with Gasteiger partial charge in [0, 0.05) is 98.4 Å². The van der Waals surface area contributed by atoms with Crippen molar-refractivity contribution in [3.8, 4) is 5.75 Å². The maximum absolute atomic E-state index is 11.9. The normalized spacial score (nSPS) is 11.1. The number of aliphatic carboxylic acids is 5. The van der Waals surface area contributed by atoms with Crippen LogP contribution in [0.15, 0.2) is 24.3 Å². The fourth-order valence-corrected chi connectivity index (χ4v) is 3.59. The van der Waals surface area contributed by atoms with Gasteiger partial charge in [0.15, 0.2) is 0 Å². The van der Waals surface area contributed by atoms with Crippen molar-refractivity contribution in [2.45, 2.75) is 19.4 Å². The third kappa shape index (κ3) is 19.6. The van der Waals surface area contributed by atoms with Crippen LogP contribution >= 0.6 is 0 Å². The van der Waals surface area contributed by atoms with Gasteiger partial charge in [0.2, 0.25) is 0 Å². The van der Waals surface area contributed by atoms with E-state index >= 15 is 0 Å². The Balaban J connectivity index is -0.00000456. The Kier molecular flexibility index (Phi) is 26.4. The molecular formula is C23H30DyN3Na2O11. The fourth-order valence-electron chi connectivity index (χ4n) is 3.59. The van der Waals surface area contributed by atoms with Gasteiger partial charge in [-0.05, 0) is 31.0 Å². The third-order valence-corrected chi connectivity index (χ3v) is 5.21. The van der Waals surface area contributed by atoms with Crippen molar-refractivity contribution in [3.05, 3.63) is 29.8 Å². The monoisotopic (exact) mass is 734 g/mol. The van der Waals surface area contributed by atoms with Crippen LogP contribution in [0.4, 0.5) is 0 Å². The smallest absolute Gasteiger partial charge is 0.549 e. The van der Waals surface area contributed by atoms with Crippen LogP contribution in [0.2, 0.25) is 0 Å². The first kappa shape index (κ1) is 44.0. The number of benzene rings is 1. The molecule has 17 heteroatoms. The summed E-state index contributed by atoms with van der Waals surface area (Å²) in [5.41, 5.74) is 0.575. The molecule has 1 aromatic rings. The molecule has 0 aromatic heterocycles. The summed E-state index contributed by atoms with van der Waals surface area (Å²) >= 11 is 0. The van der Waals surface area contributed by atoms with Crippen molar-refractivity contribution >= 4 is 89.0 Å². The van der Waals surface area contributed by atoms with Crippen LogP contribution in [0.1, 0.15) is 12.5 Å². The molecule has 0 saturated heterocycles. The van der Waals surface area contributed by atoms with Crippen molar-refractivity contribution < 1.29 is 92.4 Å². The number of carboxylic acids is 5. The molecule has 3 radical (unpaired) electrons. The van der Waals surface area contributed by atoms with Gasteiger partial charge in [-0.3, -0.25) is 24.3 Å². The topological polar surface area (TPSA) is 214 Å². The van der Waals surface area contributed by atoms with Gasteiger partial charge in [-0.15, -0.1) is 0 Å². The van der Waals surface area contributed by atoms with Gasteiger partial charge in [-0.25, -0.2) is 0 Å². The van der Waals surface area contributed by atoms with Crippen LogP contribution < -0.4 is 20.1 Å². The van der Waals surface area contributed by atoms with Crippen LogP contribution in [0.3, 0.4) is 0 Å². The number of carboxylic acid groups (broad SMARTS) is 5. The molecule has 0 aliphatic heterocycles. The SMILES string of the molecule is CCOc1ccc(CC(C(=O)[O-])N(CCN(CCN(CC(=O)[O-])CC(=O)O)CC(=O)[O-])CC(=O)O)cc1.[Dy+3].[Na].[Na]. The zero-order valence-corrected chi connectivity index (χ0v) is 28.7. The molecule has 40 heavy (non-hydrogen) atoms. The van der Waals surface area contributed by atoms with E-state index in [4.69, 9.17) is 9.84 Å². The number of carbonyl (C=O) groups is 5. The molecule has 1 unspecified atom stereocenters. The molecule has 1 atom stereocenters. The van der Waals surface area contributed by atoms with Crippen molar-refractivity contribution in [2.24, 2.45) is 0 Å². The molecule has 0 amide bonds. The number of hydrogen-bond donors (Lipinski definition) is 2. The molecule has 2 N–H and O–H groups in total. The van der Waals surface area contributed by atoms with Gasteiger partial charge < -0.3 is 44.7 Å². The Labute approximate surface area is 306 Å². The van der Waals surface area contributed by atoms with E-state index in [0.29, 0.717) is 17.9 Å². The zero-order chi connectivity index (χ0) is 28.0. The Morgan fingerprint density at radius 2 is 1.25 bits per heavy atom. The van der Waals surface area contributed by atoms with Crippen LogP contribution in [-0.2, 0) is 30.4 Å². The van der Waals surface area contributed by atoms with Crippen LogP contribution in [0.5, 0.6) is 5.75 Å². The first-order valence-electron chi connectivity index (χ1n) is 11.4. The van der Waals surface area contributed by atoms with E-state index in [9.17, 15) is 44.4 Å². The summed E-state index contributed by atoms with van der Waals surface area (Å²) in [6, 6.07) is 5.20. The summed E-state index contributed by atoms with van der Waals surface area (Å²) in [7, 11) is 0. The predicted molar refractivity (Wildman–Crippen MR) is 131 cm³/mol. The van der Waals surface area contributed by atoms with Crippen molar-refractivity contribution in [3.63, 3.8) is 0 Å². The molecule has 0 bridgehead atoms. The summed E-state index contributed by atoms with van der Waals surface area (Å²) in [5, 5.41) is 52.3. The molecule has 215 valence electrons. The van der Waals surface area contributed by atoms with E-state index in [1.165, 1.54) is 4.90 Å². The molecule has 0 spiro atoms. The first-order chi connectivity index (χ1) is 17.4. The van der Waals surface area contributed by atoms with E-state index < -0.39 is 62.1 Å². The molecule has 0 aliphatic rings. The van der Waals surface area contributed by atoms with Gasteiger partial charge in [-0.2, -0.15) is 0 Å². The maximum atomic E-state index is 11.9. The zero-order valence-electron chi connectivity index (χ0n) is 22.7. The minimum Gasteiger partial charge on any atom is -0.549 e. The number of rotatable bonds is 20. The molecular weight excluding hydrogens is 703 g/mol. The second kappa shape index (κ2) is 24.0. The fraction of sp³-hybridized carbons (Fsp3) is 0.522. The largest absolute Gasteiger partial charge is 3.00 e. The molecule has 0 heterocycles. The molecule has 0 saturated carbocycles. The van der Waals surface area contributed by atoms with Crippen LogP contribution in [-0.4, -0.2) is 179 Å². The third-order valence-electron chi connectivity index (χ3n) is 5.21. The summed E-state index contributed by atoms with van der Waals surface area (Å²) in [6.07, 6.45) is -0.0967. The molecule has 1 aromatic carbocycles. The Bertz CT molecular complexity index is 925. The number of hydrogen-bond acceptors (Lipinski definition) is 12. The van der Waals surface area contributed by atoms with Gasteiger partial charge >= 0.3 is 50.1 Å². The minimum atomic E-state index is -1.52. The van der Waals surface area contributed by atoms with Gasteiger partial charge in [0.1, 0.15) is 5.75 Å². The average molecular weight is 733 g/mol. The van der Waals surface area contributed by atoms with E-state index in [-0.39, 0.29) is 130 Å². The first-order valence-corrected chi connectivity index (χ1v) is 11.4. The molecule has 14 nitrogen and oxygen atoms in total. The Morgan fingerprint density at radius 1 is 0.775 bits per heavy atom. The summed E-state index contributed by atoms with van der Waals surface area (Å²) in [5.74, 6) is -6.57. The summed E-state index contributed by atoms with van der Waals surface area (Å²) in [6.45, 7) is -1.02. The number of ether oxygens (including phenoxy) is 1. The number of carbonyl (C=O) groups excluding carboxylic acids is 3. The van der Waals surface area contributed by atoms with E-state index in [1.807, 2.05) is 0 Å². The van der Waals surface area contributed by atoms with E-state index in [1.54, 1.807) is 31.2 Å². The average Bonchev–Trinajstić information content (AvgIpc) is 2.78. The van der Waals surface area contributed by atoms with Crippen molar-refractivity contribution in [1.29, 1.82) is 0 Å². The van der Waals surface area contributed by atoms with Crippen LogP contribution in [0.25, 0.3) is 0 Å². The molecule has 0 aliphatic carbocycles. The van der Waals surface area contributed by atoms with Crippen LogP contribution in [0, 0.1) is 38.2 Å². The van der Waals surface area contributed by atoms with E-state index in [0.717, 1.165) is 9.80 Å². The van der Waals surface area contributed by atoms with Gasteiger partial charge in [0.05, 0.1) is 43.6 Å². The number of nitrogens with zero attached hydrogens (tertiary/aromatic N) is 3. The summed E-state index contributed by atoms with van der Waals surface area (Å²) in [4.78, 5) is 59.8. The predicted octanol–water partition coefficient (Wildman–Crippen LogP) is -5.44. The Morgan fingerprint density at radius 3 is 1.70 bits per heavy atom. The van der Waals surface area contributed by atoms with Gasteiger partial charge in [-0.1, -0.05) is 12.1 Å². The Hall–Kier alpha value is -0.477. The molecule has 1 rings (SSSR count). The second-order valence-corrected chi connectivity index (χ2v) is 8.10. The summed E-state index contributed by atoms with van der Waals surface area (Å²) < 4.78 is 5.34. The van der Waals surface area contributed by atoms with Crippen molar-refractivity contribution in [2.75, 3.05) is 59.0 Å². The standard InChI is InChI=1S/C23H33N3O11.Dy.2Na/c1-2-37-17-5-3-16(4-6-17)11-18(23(35)36)26(15-22(33)34)10-9-24(12-19(27)28)7-8-25(13-20(29)30)14-21(31)32;;;/h3-6,18H,2,7-15H2,1H3,(H,27,28)(H,29,30)(H,31,32)(H,33,34)(H,35,36);;;/q;+3;;/p-3. The van der Waals surface area contributed by atoms with E-state index in [2.05, 4.69) is 0 Å². The quantitative estimate of drug-likeness (QED) is 0.120. The molecule has 0 fully saturated rings. The van der Waals surface area contributed by atoms with Gasteiger partial charge in [0.25, 0.3) is 0 Å². The second-order valence-electron chi connectivity index (χ2n) is 8.10.